The molecule has 2 fully saturated rings. The third kappa shape index (κ3) is 5.72. The number of fused-ring (bicyclic) bond motifs is 8. The van der Waals surface area contributed by atoms with Gasteiger partial charge in [0.15, 0.2) is 0 Å². The first-order chi connectivity index (χ1) is 26.9. The van der Waals surface area contributed by atoms with Gasteiger partial charge >= 0.3 is 11.9 Å². The Bertz CT molecular complexity index is 2030. The maximum absolute atomic E-state index is 14.4. The van der Waals surface area contributed by atoms with E-state index in [1.54, 1.807) is 0 Å². The van der Waals surface area contributed by atoms with Gasteiger partial charge in [-0.15, -0.1) is 0 Å². The number of allylic oxidation sites excluding steroid dienone is 1. The fourth-order valence-corrected chi connectivity index (χ4v) is 13.6. The first kappa shape index (κ1) is 36.6. The third-order valence-electron chi connectivity index (χ3n) is 13.8. The predicted molar refractivity (Wildman–Crippen MR) is 216 cm³/mol. The molecule has 282 valence electrons. The fourth-order valence-electron chi connectivity index (χ4n) is 11.1. The van der Waals surface area contributed by atoms with E-state index in [4.69, 9.17) is 16.0 Å². The maximum Gasteiger partial charge on any atom is 0.314 e. The van der Waals surface area contributed by atoms with E-state index in [-0.39, 0.29) is 46.7 Å². The molecule has 3 aromatic carbocycles. The summed E-state index contributed by atoms with van der Waals surface area (Å²) in [4.78, 5) is 33.7. The van der Waals surface area contributed by atoms with Crippen LogP contribution >= 0.6 is 23.5 Å². The zero-order valence-electron chi connectivity index (χ0n) is 31.8. The third-order valence-corrected chi connectivity index (χ3v) is 16.4. The van der Waals surface area contributed by atoms with Gasteiger partial charge in [0.2, 0.25) is 0 Å². The molecule has 1 aliphatic heterocycles. The summed E-state index contributed by atoms with van der Waals surface area (Å²) >= 11 is 2.64. The molecule has 1 unspecified atom stereocenters. The number of nitrogens with zero attached hydrogens (tertiary/aromatic N) is 2. The van der Waals surface area contributed by atoms with Crippen LogP contribution in [0.25, 0.3) is 4.85 Å². The van der Waals surface area contributed by atoms with Gasteiger partial charge in [-0.3, -0.25) is 9.59 Å². The van der Waals surface area contributed by atoms with Gasteiger partial charge in [-0.1, -0.05) is 124 Å². The zero-order valence-corrected chi connectivity index (χ0v) is 33.5. The summed E-state index contributed by atoms with van der Waals surface area (Å²) in [5.74, 6) is 1.47. The Hall–Kier alpha value is -3.98. The Labute approximate surface area is 333 Å². The van der Waals surface area contributed by atoms with Gasteiger partial charge in [0.1, 0.15) is 11.5 Å². The van der Waals surface area contributed by atoms with E-state index in [9.17, 15) is 14.9 Å². The van der Waals surface area contributed by atoms with Gasteiger partial charge in [0.25, 0.3) is 5.70 Å². The van der Waals surface area contributed by atoms with Crippen LogP contribution in [0.3, 0.4) is 0 Å². The van der Waals surface area contributed by atoms with E-state index in [1.807, 2.05) is 0 Å². The van der Waals surface area contributed by atoms with Gasteiger partial charge < -0.3 is 9.47 Å². The molecule has 3 aromatic rings. The highest BCUT2D eigenvalue weighted by molar-refractivity contribution is 8.24. The minimum Gasteiger partial charge on any atom is -0.425 e. The van der Waals surface area contributed by atoms with Crippen LogP contribution < -0.4 is 9.47 Å². The van der Waals surface area contributed by atoms with E-state index < -0.39 is 0 Å². The van der Waals surface area contributed by atoms with E-state index in [2.05, 4.69) is 73.3 Å². The van der Waals surface area contributed by atoms with Gasteiger partial charge in [0.05, 0.1) is 38.5 Å². The second-order valence-electron chi connectivity index (χ2n) is 16.7. The number of ether oxygens (including phenoxy) is 2. The molecule has 0 radical (unpaired) electrons. The number of carbonyl (C=O) groups is 2. The molecule has 3 atom stereocenters. The minimum absolute atomic E-state index is 0.00552. The predicted octanol–water partition coefficient (Wildman–Crippen LogP) is 12.2. The van der Waals surface area contributed by atoms with Crippen LogP contribution in [0.15, 0.2) is 68.3 Å². The first-order valence-electron chi connectivity index (χ1n) is 20.7. The number of rotatable bonds is 10. The Kier molecular flexibility index (Phi) is 9.88. The molecule has 6 nitrogen and oxygen atoms in total. The second-order valence-corrected chi connectivity index (χ2v) is 19.0. The van der Waals surface area contributed by atoms with Gasteiger partial charge in [-0.05, 0) is 85.5 Å². The molecule has 2 saturated carbocycles. The largest absolute Gasteiger partial charge is 0.425 e. The molecule has 1 spiro atoms. The number of unbranched alkanes of at least 4 members (excludes halogenated alkanes) is 2. The SMILES string of the molecule is [C-]#[N+]C(C#N)=C1Sc2c(OC(=O)C3CCC(CCCC)CC3)c3c(c(OC(=O)C4CCC(CCCC)CC4)c2S1)[C@@H]1c2ccccc2C12c1ccccc1[C@H]32. The molecule has 0 bridgehead atoms. The second kappa shape index (κ2) is 14.8. The Morgan fingerprint density at radius 3 is 1.58 bits per heavy atom. The average molecular weight is 769 g/mol. The van der Waals surface area contributed by atoms with E-state index in [0.717, 1.165) is 62.5 Å². The minimum atomic E-state index is -0.343. The van der Waals surface area contributed by atoms with E-state index in [0.29, 0.717) is 37.4 Å². The lowest BCUT2D eigenvalue weighted by molar-refractivity contribution is -0.141. The van der Waals surface area contributed by atoms with Crippen molar-refractivity contribution in [1.82, 2.24) is 0 Å². The van der Waals surface area contributed by atoms with Gasteiger partial charge in [-0.25, -0.2) is 10.1 Å². The van der Waals surface area contributed by atoms with Crippen LogP contribution in [0.5, 0.6) is 11.5 Å². The number of carbonyl (C=O) groups excluding carboxylic acids is 2. The molecular weight excluding hydrogens is 721 g/mol. The molecule has 0 amide bonds. The number of hydrogen-bond acceptors (Lipinski definition) is 7. The van der Waals surface area contributed by atoms with Gasteiger partial charge in [0, 0.05) is 28.4 Å². The van der Waals surface area contributed by atoms with Crippen molar-refractivity contribution in [2.24, 2.45) is 23.7 Å². The summed E-state index contributed by atoms with van der Waals surface area (Å²) in [6, 6.07) is 19.3. The van der Waals surface area contributed by atoms with Crippen LogP contribution in [0.2, 0.25) is 0 Å². The van der Waals surface area contributed by atoms with Crippen molar-refractivity contribution in [3.63, 3.8) is 0 Å². The lowest BCUT2D eigenvalue weighted by atomic mass is 9.43. The highest BCUT2D eigenvalue weighted by Crippen LogP contribution is 2.81. The number of thioether (sulfide) groups is 2. The van der Waals surface area contributed by atoms with Crippen LogP contribution in [0, 0.1) is 41.6 Å². The Balaban J connectivity index is 1.17. The number of hydrogen-bond donors (Lipinski definition) is 0. The zero-order chi connectivity index (χ0) is 37.8. The van der Waals surface area contributed by atoms with E-state index >= 15 is 0 Å². The molecule has 8 heteroatoms. The highest BCUT2D eigenvalue weighted by Gasteiger charge is 2.71. The van der Waals surface area contributed by atoms with Crippen molar-refractivity contribution in [3.05, 3.63) is 103 Å². The molecule has 55 heavy (non-hydrogen) atoms. The molecule has 0 N–H and O–H groups in total. The summed E-state index contributed by atoms with van der Waals surface area (Å²) in [7, 11) is 0. The lowest BCUT2D eigenvalue weighted by Gasteiger charge is -2.58. The van der Waals surface area contributed by atoms with Gasteiger partial charge in [-0.2, -0.15) is 0 Å². The van der Waals surface area contributed by atoms with Crippen molar-refractivity contribution in [3.8, 4) is 17.6 Å². The van der Waals surface area contributed by atoms with Crippen LogP contribution in [-0.2, 0) is 15.0 Å². The quantitative estimate of drug-likeness (QED) is 0.0879. The van der Waals surface area contributed by atoms with E-state index in [1.165, 1.54) is 84.3 Å². The summed E-state index contributed by atoms with van der Waals surface area (Å²) < 4.78 is 14.1. The van der Waals surface area contributed by atoms with Crippen LogP contribution in [-0.4, -0.2) is 11.9 Å². The molecule has 1 heterocycles. The Morgan fingerprint density at radius 1 is 0.745 bits per heavy atom. The number of nitriles is 1. The van der Waals surface area contributed by atoms with Crippen molar-refractivity contribution < 1.29 is 19.1 Å². The monoisotopic (exact) mass is 768 g/mol. The standard InChI is InChI=1S/C47H48N2O4S2/c1-4-6-12-27-18-22-29(23-19-27)44(50)52-40-36-37(39-32-15-9-11-17-34(32)47(39)33-16-10-8-14-31(33)38(36)47)41(43-42(40)54-46(55-43)35(26-48)49-3)53-45(51)30-24-20-28(21-25-30)13-7-5-2/h8-11,14-17,27-30,38-39H,4-7,12-13,18-25H2,1-2H3/t27?,28?,29?,30?,38-,39+,47?. The van der Waals surface area contributed by atoms with Crippen LogP contribution in [0.1, 0.15) is 149 Å². The Morgan fingerprint density at radius 2 is 1.18 bits per heavy atom. The number of esters is 2. The van der Waals surface area contributed by atoms with Crippen molar-refractivity contribution in [2.75, 3.05) is 0 Å². The first-order valence-corrected chi connectivity index (χ1v) is 22.3. The lowest BCUT2D eigenvalue weighted by Crippen LogP contribution is -2.52. The highest BCUT2D eigenvalue weighted by atomic mass is 32.2. The molecule has 9 rings (SSSR count). The molecule has 6 aliphatic rings. The fraction of sp³-hybridized carbons (Fsp3) is 0.489. The molecule has 0 aromatic heterocycles. The summed E-state index contributed by atoms with van der Waals surface area (Å²) in [5.41, 5.74) is 6.51. The van der Waals surface area contributed by atoms with Crippen molar-refractivity contribution >= 4 is 35.5 Å². The summed E-state index contributed by atoms with van der Waals surface area (Å²) in [6.07, 6.45) is 14.7. The topological polar surface area (TPSA) is 80.8 Å². The number of benzene rings is 3. The van der Waals surface area contributed by atoms with Crippen LogP contribution in [0.4, 0.5) is 0 Å². The molecular formula is C47H48N2O4S2. The summed E-state index contributed by atoms with van der Waals surface area (Å²) in [5, 5.41) is 10.0. The maximum atomic E-state index is 14.4. The normalized spacial score (nSPS) is 28.7. The average Bonchev–Trinajstić information content (AvgIpc) is 3.74. The van der Waals surface area contributed by atoms with Crippen molar-refractivity contribution in [2.45, 2.75) is 131 Å². The summed E-state index contributed by atoms with van der Waals surface area (Å²) in [6.45, 7) is 12.3. The smallest absolute Gasteiger partial charge is 0.314 e. The molecule has 5 aliphatic carbocycles. The molecule has 0 saturated heterocycles. The van der Waals surface area contributed by atoms with Crippen molar-refractivity contribution in [1.29, 1.82) is 5.26 Å².